The van der Waals surface area contributed by atoms with Crippen molar-refractivity contribution in [1.82, 2.24) is 9.80 Å². The molecule has 26 heavy (non-hydrogen) atoms. The molecule has 1 aliphatic heterocycles. The molecule has 1 saturated heterocycles. The van der Waals surface area contributed by atoms with Crippen molar-refractivity contribution in [2.45, 2.75) is 25.3 Å². The molecule has 0 radical (unpaired) electrons. The van der Waals surface area contributed by atoms with Crippen LogP contribution in [0.1, 0.15) is 18.4 Å². The number of nitrogens with zero attached hydrogens (tertiary/aromatic N) is 2. The summed E-state index contributed by atoms with van der Waals surface area (Å²) < 4.78 is 10.1. The van der Waals surface area contributed by atoms with E-state index in [0.29, 0.717) is 39.0 Å². The highest BCUT2D eigenvalue weighted by atomic mass is 16.5. The molecule has 0 aliphatic carbocycles. The minimum absolute atomic E-state index is 0.112. The monoisotopic (exact) mass is 363 g/mol. The van der Waals surface area contributed by atoms with Gasteiger partial charge >= 0.3 is 0 Å². The fourth-order valence-corrected chi connectivity index (χ4v) is 3.07. The van der Waals surface area contributed by atoms with Crippen LogP contribution in [0.5, 0.6) is 5.75 Å². The zero-order valence-electron chi connectivity index (χ0n) is 15.6. The SMILES string of the molecule is COCC(N)C(=O)N1CCCN(C(=O)CCc2ccc(OC)cc2)CC1. The third-order valence-electron chi connectivity index (χ3n) is 4.61. The molecule has 1 unspecified atom stereocenters. The van der Waals surface area contributed by atoms with Crippen molar-refractivity contribution < 1.29 is 19.1 Å². The Morgan fingerprint density at radius 3 is 2.38 bits per heavy atom. The molecule has 1 heterocycles. The van der Waals surface area contributed by atoms with Crippen LogP contribution in [0.3, 0.4) is 0 Å². The molecule has 2 rings (SSSR count). The first kappa shape index (κ1) is 20.2. The van der Waals surface area contributed by atoms with E-state index in [1.165, 1.54) is 7.11 Å². The van der Waals surface area contributed by atoms with E-state index in [1.807, 2.05) is 29.2 Å². The Kier molecular flexibility index (Phi) is 7.87. The molecule has 144 valence electrons. The Balaban J connectivity index is 1.81. The summed E-state index contributed by atoms with van der Waals surface area (Å²) in [5.74, 6) is 0.819. The smallest absolute Gasteiger partial charge is 0.241 e. The first-order valence-corrected chi connectivity index (χ1v) is 8.99. The molecule has 7 heteroatoms. The number of benzene rings is 1. The van der Waals surface area contributed by atoms with Crippen molar-refractivity contribution in [1.29, 1.82) is 0 Å². The second-order valence-electron chi connectivity index (χ2n) is 6.47. The maximum atomic E-state index is 12.5. The van der Waals surface area contributed by atoms with Crippen LogP contribution in [0.25, 0.3) is 0 Å². The number of carbonyl (C=O) groups is 2. The summed E-state index contributed by atoms with van der Waals surface area (Å²) in [7, 11) is 3.16. The molecule has 1 fully saturated rings. The quantitative estimate of drug-likeness (QED) is 0.769. The van der Waals surface area contributed by atoms with Crippen LogP contribution in [-0.4, -0.2) is 74.7 Å². The van der Waals surface area contributed by atoms with Crippen LogP contribution in [0.4, 0.5) is 0 Å². The molecular formula is C19H29N3O4. The topological polar surface area (TPSA) is 85.1 Å². The van der Waals surface area contributed by atoms with E-state index in [9.17, 15) is 9.59 Å². The Morgan fingerprint density at radius 1 is 1.08 bits per heavy atom. The van der Waals surface area contributed by atoms with Crippen LogP contribution in [0, 0.1) is 0 Å². The van der Waals surface area contributed by atoms with Gasteiger partial charge in [0.05, 0.1) is 13.7 Å². The molecule has 1 aliphatic rings. The van der Waals surface area contributed by atoms with Crippen LogP contribution >= 0.6 is 0 Å². The van der Waals surface area contributed by atoms with Gasteiger partial charge in [-0.2, -0.15) is 0 Å². The summed E-state index contributed by atoms with van der Waals surface area (Å²) in [5, 5.41) is 0. The molecule has 2 amide bonds. The van der Waals surface area contributed by atoms with Gasteiger partial charge in [-0.1, -0.05) is 12.1 Å². The average molecular weight is 363 g/mol. The number of hydrogen-bond donors (Lipinski definition) is 1. The van der Waals surface area contributed by atoms with Crippen molar-refractivity contribution in [3.8, 4) is 5.75 Å². The van der Waals surface area contributed by atoms with E-state index < -0.39 is 6.04 Å². The highest BCUT2D eigenvalue weighted by Gasteiger charge is 2.25. The summed E-state index contributed by atoms with van der Waals surface area (Å²) in [6, 6.07) is 7.12. The lowest BCUT2D eigenvalue weighted by Gasteiger charge is -2.24. The van der Waals surface area contributed by atoms with Gasteiger partial charge in [-0.25, -0.2) is 0 Å². The van der Waals surface area contributed by atoms with Crippen molar-refractivity contribution in [3.05, 3.63) is 29.8 Å². The summed E-state index contributed by atoms with van der Waals surface area (Å²) in [6.07, 6.45) is 1.92. The van der Waals surface area contributed by atoms with Gasteiger partial charge in [-0.05, 0) is 30.5 Å². The number of hydrogen-bond acceptors (Lipinski definition) is 5. The molecule has 1 aromatic rings. The molecule has 0 aromatic heterocycles. The molecule has 0 saturated carbocycles. The van der Waals surface area contributed by atoms with Gasteiger partial charge in [0, 0.05) is 39.7 Å². The van der Waals surface area contributed by atoms with E-state index in [-0.39, 0.29) is 18.4 Å². The Labute approximate surface area is 155 Å². The van der Waals surface area contributed by atoms with Crippen molar-refractivity contribution in [2.24, 2.45) is 5.73 Å². The number of nitrogens with two attached hydrogens (primary N) is 1. The maximum Gasteiger partial charge on any atom is 0.241 e. The van der Waals surface area contributed by atoms with Gasteiger partial charge in [0.1, 0.15) is 11.8 Å². The Hall–Kier alpha value is -2.12. The number of rotatable bonds is 7. The maximum absolute atomic E-state index is 12.5. The standard InChI is InChI=1S/C19H29N3O4/c1-25-14-17(20)19(24)22-11-3-10-21(12-13-22)18(23)9-6-15-4-7-16(26-2)8-5-15/h4-5,7-8,17H,3,6,9-14,20H2,1-2H3. The number of methoxy groups -OCH3 is 2. The molecule has 0 spiro atoms. The minimum Gasteiger partial charge on any atom is -0.497 e. The van der Waals surface area contributed by atoms with Crippen LogP contribution in [-0.2, 0) is 20.7 Å². The first-order chi connectivity index (χ1) is 12.5. The number of aryl methyl sites for hydroxylation is 1. The largest absolute Gasteiger partial charge is 0.497 e. The number of carbonyl (C=O) groups excluding carboxylic acids is 2. The third-order valence-corrected chi connectivity index (χ3v) is 4.61. The van der Waals surface area contributed by atoms with Crippen LogP contribution < -0.4 is 10.5 Å². The van der Waals surface area contributed by atoms with E-state index in [1.54, 1.807) is 12.0 Å². The molecule has 2 N–H and O–H groups in total. The van der Waals surface area contributed by atoms with Crippen molar-refractivity contribution >= 4 is 11.8 Å². The van der Waals surface area contributed by atoms with Gasteiger partial charge in [0.15, 0.2) is 0 Å². The van der Waals surface area contributed by atoms with Gasteiger partial charge < -0.3 is 25.0 Å². The Morgan fingerprint density at radius 2 is 1.73 bits per heavy atom. The minimum atomic E-state index is -0.641. The fourth-order valence-electron chi connectivity index (χ4n) is 3.07. The van der Waals surface area contributed by atoms with Gasteiger partial charge in [-0.3, -0.25) is 9.59 Å². The molecule has 0 bridgehead atoms. The van der Waals surface area contributed by atoms with E-state index in [4.69, 9.17) is 15.2 Å². The lowest BCUT2D eigenvalue weighted by atomic mass is 10.1. The highest BCUT2D eigenvalue weighted by Crippen LogP contribution is 2.14. The summed E-state index contributed by atoms with van der Waals surface area (Å²) in [5.41, 5.74) is 6.94. The molecule has 1 aromatic carbocycles. The van der Waals surface area contributed by atoms with Crippen LogP contribution in [0.15, 0.2) is 24.3 Å². The molecular weight excluding hydrogens is 334 g/mol. The normalized spacial score (nSPS) is 16.1. The molecule has 1 atom stereocenters. The second kappa shape index (κ2) is 10.1. The summed E-state index contributed by atoms with van der Waals surface area (Å²) >= 11 is 0. The summed E-state index contributed by atoms with van der Waals surface area (Å²) in [4.78, 5) is 28.4. The van der Waals surface area contributed by atoms with Crippen molar-refractivity contribution in [3.63, 3.8) is 0 Å². The third kappa shape index (κ3) is 5.71. The lowest BCUT2D eigenvalue weighted by molar-refractivity contribution is -0.135. The average Bonchev–Trinajstić information content (AvgIpc) is 2.92. The van der Waals surface area contributed by atoms with Crippen molar-refractivity contribution in [2.75, 3.05) is 47.0 Å². The summed E-state index contributed by atoms with van der Waals surface area (Å²) in [6.45, 7) is 2.57. The first-order valence-electron chi connectivity index (χ1n) is 8.99. The van der Waals surface area contributed by atoms with E-state index >= 15 is 0 Å². The predicted molar refractivity (Wildman–Crippen MR) is 98.9 cm³/mol. The van der Waals surface area contributed by atoms with Gasteiger partial charge in [0.25, 0.3) is 0 Å². The fraction of sp³-hybridized carbons (Fsp3) is 0.579. The van der Waals surface area contributed by atoms with Crippen LogP contribution in [0.2, 0.25) is 0 Å². The second-order valence-corrected chi connectivity index (χ2v) is 6.47. The number of ether oxygens (including phenoxy) is 2. The van der Waals surface area contributed by atoms with E-state index in [0.717, 1.165) is 17.7 Å². The van der Waals surface area contributed by atoms with Gasteiger partial charge in [-0.15, -0.1) is 0 Å². The molecule has 7 nitrogen and oxygen atoms in total. The lowest BCUT2D eigenvalue weighted by Crippen LogP contribution is -2.47. The number of amides is 2. The predicted octanol–water partition coefficient (Wildman–Crippen LogP) is 0.662. The van der Waals surface area contributed by atoms with E-state index in [2.05, 4.69) is 0 Å². The van der Waals surface area contributed by atoms with Gasteiger partial charge in [0.2, 0.25) is 11.8 Å². The Bertz CT molecular complexity index is 591. The zero-order chi connectivity index (χ0) is 18.9. The highest BCUT2D eigenvalue weighted by molar-refractivity contribution is 5.82. The zero-order valence-corrected chi connectivity index (χ0v) is 15.6.